The van der Waals surface area contributed by atoms with Crippen molar-refractivity contribution in [2.75, 3.05) is 33.3 Å². The van der Waals surface area contributed by atoms with Crippen LogP contribution in [0.4, 0.5) is 0 Å². The Morgan fingerprint density at radius 1 is 1.22 bits per heavy atom. The number of nitrogens with zero attached hydrogens (tertiary/aromatic N) is 4. The molecule has 1 fully saturated rings. The average molecular weight is 366 g/mol. The highest BCUT2D eigenvalue weighted by Gasteiger charge is 2.30. The summed E-state index contributed by atoms with van der Waals surface area (Å²) in [5.41, 5.74) is 3.44. The average Bonchev–Trinajstić information content (AvgIpc) is 2.74. The second kappa shape index (κ2) is 8.05. The molecule has 0 saturated carbocycles. The molecule has 0 radical (unpaired) electrons. The minimum absolute atomic E-state index is 0.0734. The molecule has 142 valence electrons. The molecule has 2 aromatic rings. The molecular weight excluding hydrogens is 340 g/mol. The third-order valence-electron chi connectivity index (χ3n) is 5.70. The molecule has 1 atom stereocenters. The lowest BCUT2D eigenvalue weighted by molar-refractivity contribution is -0.137. The standard InChI is InChI=1S/C21H26N4O2/c1-27-20-5-3-2-4-17(20)14-24-8-10-25(11-9-24)21(26)16-6-7-19-18(12-16)13-22-15-23-19/h2-5,13,15-16H,6-12,14H2,1H3. The van der Waals surface area contributed by atoms with Crippen LogP contribution in [0.5, 0.6) is 5.75 Å². The molecule has 4 rings (SSSR count). The number of hydrogen-bond acceptors (Lipinski definition) is 5. The number of aromatic nitrogens is 2. The number of carbonyl (C=O) groups is 1. The lowest BCUT2D eigenvalue weighted by Gasteiger charge is -2.37. The SMILES string of the molecule is COc1ccccc1CN1CCN(C(=O)C2CCc3ncncc3C2)CC1. The molecular formula is C21H26N4O2. The summed E-state index contributed by atoms with van der Waals surface area (Å²) in [6.07, 6.45) is 6.01. The number of hydrogen-bond donors (Lipinski definition) is 0. The van der Waals surface area contributed by atoms with E-state index in [0.717, 1.165) is 69.0 Å². The number of para-hydroxylation sites is 1. The largest absolute Gasteiger partial charge is 0.496 e. The minimum atomic E-state index is 0.0734. The van der Waals surface area contributed by atoms with E-state index in [-0.39, 0.29) is 5.92 Å². The normalized spacial score (nSPS) is 20.2. The third-order valence-corrected chi connectivity index (χ3v) is 5.70. The van der Waals surface area contributed by atoms with E-state index in [2.05, 4.69) is 20.9 Å². The molecule has 1 aliphatic heterocycles. The Morgan fingerprint density at radius 2 is 2.04 bits per heavy atom. The van der Waals surface area contributed by atoms with E-state index < -0.39 is 0 Å². The molecule has 0 bridgehead atoms. The number of methoxy groups -OCH3 is 1. The van der Waals surface area contributed by atoms with Gasteiger partial charge in [-0.15, -0.1) is 0 Å². The van der Waals surface area contributed by atoms with Crippen molar-refractivity contribution in [2.45, 2.75) is 25.8 Å². The van der Waals surface area contributed by atoms with Crippen molar-refractivity contribution in [2.24, 2.45) is 5.92 Å². The fraction of sp³-hybridized carbons (Fsp3) is 0.476. The lowest BCUT2D eigenvalue weighted by atomic mass is 9.86. The topological polar surface area (TPSA) is 58.6 Å². The highest BCUT2D eigenvalue weighted by molar-refractivity contribution is 5.79. The van der Waals surface area contributed by atoms with Gasteiger partial charge in [0, 0.05) is 56.1 Å². The first-order valence-electron chi connectivity index (χ1n) is 9.65. The van der Waals surface area contributed by atoms with Gasteiger partial charge in [-0.1, -0.05) is 18.2 Å². The van der Waals surface area contributed by atoms with Crippen LogP contribution in [0, 0.1) is 5.92 Å². The number of ether oxygens (including phenoxy) is 1. The summed E-state index contributed by atoms with van der Waals surface area (Å²) < 4.78 is 5.45. The highest BCUT2D eigenvalue weighted by Crippen LogP contribution is 2.26. The molecule has 2 heterocycles. The molecule has 1 aromatic carbocycles. The van der Waals surface area contributed by atoms with Gasteiger partial charge in [0.15, 0.2) is 0 Å². The van der Waals surface area contributed by atoms with Gasteiger partial charge in [0.2, 0.25) is 5.91 Å². The number of piperazine rings is 1. The molecule has 1 saturated heterocycles. The number of amides is 1. The zero-order valence-electron chi connectivity index (χ0n) is 15.8. The molecule has 1 aromatic heterocycles. The van der Waals surface area contributed by atoms with Crippen molar-refractivity contribution < 1.29 is 9.53 Å². The van der Waals surface area contributed by atoms with E-state index >= 15 is 0 Å². The smallest absolute Gasteiger partial charge is 0.226 e. The second-order valence-electron chi connectivity index (χ2n) is 7.35. The Bertz CT molecular complexity index is 802. The first-order valence-corrected chi connectivity index (χ1v) is 9.65. The molecule has 2 aliphatic rings. The predicted molar refractivity (Wildman–Crippen MR) is 102 cm³/mol. The van der Waals surface area contributed by atoms with E-state index in [1.165, 1.54) is 5.56 Å². The fourth-order valence-corrected chi connectivity index (χ4v) is 4.13. The monoisotopic (exact) mass is 366 g/mol. The lowest BCUT2D eigenvalue weighted by Crippen LogP contribution is -2.50. The van der Waals surface area contributed by atoms with Gasteiger partial charge in [-0.2, -0.15) is 0 Å². The summed E-state index contributed by atoms with van der Waals surface area (Å²) >= 11 is 0. The van der Waals surface area contributed by atoms with Gasteiger partial charge in [0.1, 0.15) is 12.1 Å². The van der Waals surface area contributed by atoms with Crippen LogP contribution in [0.2, 0.25) is 0 Å². The Kier molecular flexibility index (Phi) is 5.34. The van der Waals surface area contributed by atoms with Gasteiger partial charge in [-0.3, -0.25) is 9.69 Å². The number of benzene rings is 1. The fourth-order valence-electron chi connectivity index (χ4n) is 4.13. The van der Waals surface area contributed by atoms with Gasteiger partial charge < -0.3 is 9.64 Å². The highest BCUT2D eigenvalue weighted by atomic mass is 16.5. The molecule has 6 heteroatoms. The van der Waals surface area contributed by atoms with Crippen LogP contribution in [0.3, 0.4) is 0 Å². The van der Waals surface area contributed by atoms with E-state index in [9.17, 15) is 4.79 Å². The van der Waals surface area contributed by atoms with Crippen molar-refractivity contribution in [3.05, 3.63) is 53.6 Å². The Morgan fingerprint density at radius 3 is 2.85 bits per heavy atom. The molecule has 6 nitrogen and oxygen atoms in total. The second-order valence-corrected chi connectivity index (χ2v) is 7.35. The third kappa shape index (κ3) is 3.95. The van der Waals surface area contributed by atoms with Crippen LogP contribution in [-0.4, -0.2) is 59.0 Å². The summed E-state index contributed by atoms with van der Waals surface area (Å²) in [5, 5.41) is 0. The van der Waals surface area contributed by atoms with Gasteiger partial charge in [0.25, 0.3) is 0 Å². The van der Waals surface area contributed by atoms with E-state index in [1.807, 2.05) is 29.3 Å². The van der Waals surface area contributed by atoms with Crippen LogP contribution in [0.25, 0.3) is 0 Å². The zero-order chi connectivity index (χ0) is 18.6. The van der Waals surface area contributed by atoms with Gasteiger partial charge in [-0.25, -0.2) is 9.97 Å². The van der Waals surface area contributed by atoms with Crippen LogP contribution >= 0.6 is 0 Å². The first-order chi connectivity index (χ1) is 13.2. The van der Waals surface area contributed by atoms with Crippen molar-refractivity contribution in [3.63, 3.8) is 0 Å². The van der Waals surface area contributed by atoms with E-state index in [4.69, 9.17) is 4.74 Å². The van der Waals surface area contributed by atoms with Crippen LogP contribution in [-0.2, 0) is 24.2 Å². The van der Waals surface area contributed by atoms with Gasteiger partial charge in [0.05, 0.1) is 7.11 Å². The first kappa shape index (κ1) is 17.9. The molecule has 1 amide bonds. The summed E-state index contributed by atoms with van der Waals surface area (Å²) in [7, 11) is 1.71. The molecule has 1 aliphatic carbocycles. The minimum Gasteiger partial charge on any atom is -0.496 e. The predicted octanol–water partition coefficient (Wildman–Crippen LogP) is 1.93. The maximum atomic E-state index is 13.0. The summed E-state index contributed by atoms with van der Waals surface area (Å²) in [6, 6.07) is 8.15. The number of carbonyl (C=O) groups excluding carboxylic acids is 1. The number of rotatable bonds is 4. The summed E-state index contributed by atoms with van der Waals surface area (Å²) in [5.74, 6) is 1.30. The molecule has 0 spiro atoms. The summed E-state index contributed by atoms with van der Waals surface area (Å²) in [6.45, 7) is 4.25. The molecule has 27 heavy (non-hydrogen) atoms. The van der Waals surface area contributed by atoms with E-state index in [1.54, 1.807) is 13.4 Å². The van der Waals surface area contributed by atoms with Crippen molar-refractivity contribution in [3.8, 4) is 5.75 Å². The zero-order valence-corrected chi connectivity index (χ0v) is 15.8. The van der Waals surface area contributed by atoms with Gasteiger partial charge >= 0.3 is 0 Å². The van der Waals surface area contributed by atoms with E-state index in [0.29, 0.717) is 5.91 Å². The van der Waals surface area contributed by atoms with Gasteiger partial charge in [-0.05, 0) is 30.9 Å². The van der Waals surface area contributed by atoms with Crippen LogP contribution in [0.15, 0.2) is 36.8 Å². The van der Waals surface area contributed by atoms with Crippen LogP contribution < -0.4 is 4.74 Å². The Balaban J connectivity index is 1.32. The van der Waals surface area contributed by atoms with Crippen molar-refractivity contribution in [1.29, 1.82) is 0 Å². The van der Waals surface area contributed by atoms with Crippen molar-refractivity contribution >= 4 is 5.91 Å². The summed E-state index contributed by atoms with van der Waals surface area (Å²) in [4.78, 5) is 25.9. The number of aryl methyl sites for hydroxylation is 1. The Hall–Kier alpha value is -2.47. The maximum absolute atomic E-state index is 13.0. The van der Waals surface area contributed by atoms with Crippen molar-refractivity contribution in [1.82, 2.24) is 19.8 Å². The Labute approximate surface area is 160 Å². The number of fused-ring (bicyclic) bond motifs is 1. The van der Waals surface area contributed by atoms with Crippen LogP contribution in [0.1, 0.15) is 23.2 Å². The quantitative estimate of drug-likeness (QED) is 0.828. The molecule has 0 N–H and O–H groups in total. The maximum Gasteiger partial charge on any atom is 0.226 e. The molecule has 1 unspecified atom stereocenters.